The van der Waals surface area contributed by atoms with Crippen molar-refractivity contribution in [3.8, 4) is 0 Å². The number of thiocarbonyl (C=S) groups is 1. The fourth-order valence-electron chi connectivity index (χ4n) is 0. The zero-order valence-corrected chi connectivity index (χ0v) is 7.12. The molecule has 0 aromatic rings. The second-order valence-corrected chi connectivity index (χ2v) is 0.874. The van der Waals surface area contributed by atoms with E-state index in [4.69, 9.17) is 0 Å². The monoisotopic (exact) mass is 144 g/mol. The summed E-state index contributed by atoms with van der Waals surface area (Å²) in [4.78, 5) is 0. The maximum absolute atomic E-state index is 4.62. The van der Waals surface area contributed by atoms with Crippen LogP contribution in [-0.4, -0.2) is 5.11 Å². The Morgan fingerprint density at radius 3 is 1.17 bits per heavy atom. The maximum Gasteiger partial charge on any atom is 0.160 e. The molecule has 0 spiro atoms. The van der Waals surface area contributed by atoms with E-state index in [0.717, 1.165) is 0 Å². The average molecular weight is 144 g/mol. The minimum absolute atomic E-state index is 0. The molecular weight excluding hydrogens is 134 g/mol. The lowest BCUT2D eigenvalue weighted by atomic mass is 11.3. The van der Waals surface area contributed by atoms with Crippen LogP contribution < -0.4 is 11.5 Å². The minimum atomic E-state index is 0. The van der Waals surface area contributed by atoms with Gasteiger partial charge in [-0.2, -0.15) is 19.8 Å². The molecule has 0 aliphatic heterocycles. The summed E-state index contributed by atoms with van der Waals surface area (Å²) in [6.07, 6.45) is 0. The lowest BCUT2D eigenvalue weighted by Crippen LogP contribution is -2.18. The highest BCUT2D eigenvalue weighted by Gasteiger charge is 1.53. The lowest BCUT2D eigenvalue weighted by molar-refractivity contribution is 1.65. The van der Waals surface area contributed by atoms with Gasteiger partial charge >= 0.3 is 0 Å². The van der Waals surface area contributed by atoms with Crippen molar-refractivity contribution in [2.24, 2.45) is 11.5 Å². The van der Waals surface area contributed by atoms with Gasteiger partial charge in [0.05, 0.1) is 0 Å². The van der Waals surface area contributed by atoms with Gasteiger partial charge in [-0.15, -0.1) is 0 Å². The van der Waals surface area contributed by atoms with Crippen LogP contribution in [0.5, 0.6) is 0 Å². The van der Waals surface area contributed by atoms with Crippen LogP contribution in [0.2, 0.25) is 0 Å². The third-order valence-corrected chi connectivity index (χ3v) is 0. The number of hydrogen-bond acceptors (Lipinski definition) is 1. The lowest BCUT2D eigenvalue weighted by Gasteiger charge is -1.68. The van der Waals surface area contributed by atoms with Crippen LogP contribution in [-0.2, 0) is 0 Å². The van der Waals surface area contributed by atoms with Crippen LogP contribution in [0.1, 0.15) is 0 Å². The Balaban J connectivity index is -0.0000000450. The molecule has 4 N–H and O–H groups in total. The van der Waals surface area contributed by atoms with Gasteiger partial charge in [0.1, 0.15) is 0 Å². The molecule has 0 aliphatic rings. The highest BCUT2D eigenvalue weighted by atomic mass is 32.1. The molecule has 5 heteroatoms. The molecule has 0 bridgehead atoms. The summed E-state index contributed by atoms with van der Waals surface area (Å²) >= 11 is 4.09. The van der Waals surface area contributed by atoms with E-state index < -0.39 is 0 Å². The van der Waals surface area contributed by atoms with E-state index in [9.17, 15) is 0 Å². The average Bonchev–Trinajstić information content (AvgIpc) is 0.811. The van der Waals surface area contributed by atoms with Crippen molar-refractivity contribution in [2.75, 3.05) is 0 Å². The number of hydrogen-bond donors (Lipinski definition) is 2. The van der Waals surface area contributed by atoms with Crippen molar-refractivity contribution >= 4 is 37.1 Å². The van der Waals surface area contributed by atoms with E-state index in [0.29, 0.717) is 0 Å². The molecule has 40 valence electrons. The van der Waals surface area contributed by atoms with Crippen LogP contribution in [0.25, 0.3) is 0 Å². The van der Waals surface area contributed by atoms with Gasteiger partial charge in [-0.1, -0.05) is 0 Å². The summed E-state index contributed by atoms with van der Waals surface area (Å²) in [6.45, 7) is 0. The third-order valence-electron chi connectivity index (χ3n) is 0. The second kappa shape index (κ2) is 9.12. The third kappa shape index (κ3) is 190. The fourth-order valence-corrected chi connectivity index (χ4v) is 0. The Morgan fingerprint density at radius 1 is 1.17 bits per heavy atom. The van der Waals surface area contributed by atoms with Crippen LogP contribution in [0.4, 0.5) is 0 Å². The summed E-state index contributed by atoms with van der Waals surface area (Å²) in [7, 11) is 0. The molecule has 2 atom stereocenters. The van der Waals surface area contributed by atoms with Crippen molar-refractivity contribution in [1.82, 2.24) is 0 Å². The molecule has 0 aromatic carbocycles. The van der Waals surface area contributed by atoms with E-state index in [1.165, 1.54) is 0 Å². The van der Waals surface area contributed by atoms with E-state index in [2.05, 4.69) is 23.7 Å². The summed E-state index contributed by atoms with van der Waals surface area (Å²) < 4.78 is 0. The molecular formula is CH10N2P2S. The van der Waals surface area contributed by atoms with Crippen LogP contribution in [0, 0.1) is 0 Å². The molecule has 6 heavy (non-hydrogen) atoms. The first-order chi connectivity index (χ1) is 1.73. The Kier molecular flexibility index (Phi) is 24.3. The Labute approximate surface area is 49.3 Å². The Hall–Kier alpha value is 0.550. The van der Waals surface area contributed by atoms with Crippen molar-refractivity contribution in [1.29, 1.82) is 0 Å². The molecule has 0 fully saturated rings. The first-order valence-corrected chi connectivity index (χ1v) is 1.19. The van der Waals surface area contributed by atoms with Crippen molar-refractivity contribution in [3.05, 3.63) is 0 Å². The molecule has 0 saturated heterocycles. The van der Waals surface area contributed by atoms with Gasteiger partial charge < -0.3 is 11.5 Å². The Morgan fingerprint density at radius 2 is 1.17 bits per heavy atom. The van der Waals surface area contributed by atoms with E-state index in [1.54, 1.807) is 0 Å². The van der Waals surface area contributed by atoms with Crippen molar-refractivity contribution in [3.63, 3.8) is 0 Å². The molecule has 2 unspecified atom stereocenters. The van der Waals surface area contributed by atoms with E-state index in [1.807, 2.05) is 0 Å². The molecule has 2 nitrogen and oxygen atoms in total. The summed E-state index contributed by atoms with van der Waals surface area (Å²) in [5, 5.41) is 0.000000000000000222. The van der Waals surface area contributed by atoms with E-state index in [-0.39, 0.29) is 24.9 Å². The van der Waals surface area contributed by atoms with Crippen molar-refractivity contribution in [2.45, 2.75) is 0 Å². The molecule has 0 amide bonds. The summed E-state index contributed by atoms with van der Waals surface area (Å²) in [5.74, 6) is 0. The van der Waals surface area contributed by atoms with Gasteiger partial charge in [0.25, 0.3) is 0 Å². The van der Waals surface area contributed by atoms with Gasteiger partial charge in [-0.3, -0.25) is 0 Å². The fraction of sp³-hybridized carbons (Fsp3) is 0. The zero-order chi connectivity index (χ0) is 3.58. The van der Waals surface area contributed by atoms with Crippen LogP contribution in [0.15, 0.2) is 0 Å². The topological polar surface area (TPSA) is 52.0 Å². The first kappa shape index (κ1) is 16.0. The zero-order valence-electron chi connectivity index (χ0n) is 3.48. The van der Waals surface area contributed by atoms with E-state index >= 15 is 0 Å². The van der Waals surface area contributed by atoms with Gasteiger partial charge in [0.15, 0.2) is 5.11 Å². The van der Waals surface area contributed by atoms with Crippen LogP contribution >= 0.6 is 32.0 Å². The normalized spacial score (nSPS) is 4.00. The summed E-state index contributed by atoms with van der Waals surface area (Å²) in [6, 6.07) is 0. The quantitative estimate of drug-likeness (QED) is 0.349. The van der Waals surface area contributed by atoms with Gasteiger partial charge in [0, 0.05) is 0 Å². The first-order valence-electron chi connectivity index (χ1n) is 0.781. The number of nitrogens with two attached hydrogens (primary N) is 2. The minimum Gasteiger partial charge on any atom is -0.377 e. The van der Waals surface area contributed by atoms with Crippen molar-refractivity contribution < 1.29 is 0 Å². The van der Waals surface area contributed by atoms with Gasteiger partial charge in [0.2, 0.25) is 0 Å². The van der Waals surface area contributed by atoms with Crippen LogP contribution in [0.3, 0.4) is 0 Å². The largest absolute Gasteiger partial charge is 0.377 e. The SMILES string of the molecule is NC(N)=S.P.P. The second-order valence-electron chi connectivity index (χ2n) is 0.402. The van der Waals surface area contributed by atoms with Gasteiger partial charge in [-0.05, 0) is 12.2 Å². The molecule has 0 saturated carbocycles. The molecule has 0 heterocycles. The smallest absolute Gasteiger partial charge is 0.160 e. The predicted octanol–water partition coefficient (Wildman–Crippen LogP) is -0.695. The standard InChI is InChI=1S/CH4N2S.2H3P/c2-1(3)4;;/h(H4,2,3,4);2*1H3. The molecule has 0 radical (unpaired) electrons. The molecule has 0 aliphatic carbocycles. The Bertz CT molecular complexity index is 34.5. The predicted molar refractivity (Wildman–Crippen MR) is 43.2 cm³/mol. The highest BCUT2D eigenvalue weighted by Crippen LogP contribution is 1.32. The maximum atomic E-state index is 4.62. The number of rotatable bonds is 0. The highest BCUT2D eigenvalue weighted by molar-refractivity contribution is 7.80. The van der Waals surface area contributed by atoms with Gasteiger partial charge in [-0.25, -0.2) is 0 Å². The molecule has 0 aromatic heterocycles. The summed E-state index contributed by atoms with van der Waals surface area (Å²) in [5.41, 5.74) is 9.24. The molecule has 0 rings (SSSR count).